The van der Waals surface area contributed by atoms with Crippen molar-refractivity contribution in [3.8, 4) is 0 Å². The average molecular weight is 330 g/mol. The molecule has 2 aromatic heterocycles. The van der Waals surface area contributed by atoms with Crippen molar-refractivity contribution in [2.24, 2.45) is 5.92 Å². The minimum atomic E-state index is 0.0553. The largest absolute Gasteiger partial charge is 0.299 e. The molecule has 23 heavy (non-hydrogen) atoms. The number of aryl methyl sites for hydroxylation is 2. The Balaban J connectivity index is 1.30. The number of nitrogens with zero attached hydrogens (tertiary/aromatic N) is 4. The van der Waals surface area contributed by atoms with Crippen LogP contribution >= 0.6 is 11.3 Å². The van der Waals surface area contributed by atoms with Crippen LogP contribution in [-0.2, 0) is 25.9 Å². The van der Waals surface area contributed by atoms with Gasteiger partial charge in [0.05, 0.1) is 18.6 Å². The molecule has 0 unspecified atom stereocenters. The summed E-state index contributed by atoms with van der Waals surface area (Å²) in [6.07, 6.45) is 9.20. The molecule has 0 bridgehead atoms. The van der Waals surface area contributed by atoms with E-state index in [1.165, 1.54) is 40.9 Å². The van der Waals surface area contributed by atoms with E-state index in [1.807, 2.05) is 11.3 Å². The summed E-state index contributed by atoms with van der Waals surface area (Å²) in [5.41, 5.74) is 1.41. The molecule has 0 aromatic carbocycles. The zero-order valence-electron chi connectivity index (χ0n) is 13.3. The Hall–Kier alpha value is -1.53. The van der Waals surface area contributed by atoms with Crippen LogP contribution < -0.4 is 5.56 Å². The molecular formula is C17H22N4OS. The van der Waals surface area contributed by atoms with Gasteiger partial charge in [-0.15, -0.1) is 11.3 Å². The predicted octanol–water partition coefficient (Wildman–Crippen LogP) is 2.10. The second kappa shape index (κ2) is 6.53. The lowest BCUT2D eigenvalue weighted by Gasteiger charge is -2.31. The molecule has 0 radical (unpaired) electrons. The first-order chi connectivity index (χ1) is 11.3. The molecular weight excluding hydrogens is 308 g/mol. The van der Waals surface area contributed by atoms with Crippen molar-refractivity contribution in [2.75, 3.05) is 13.1 Å². The van der Waals surface area contributed by atoms with Gasteiger partial charge in [0.1, 0.15) is 5.01 Å². The summed E-state index contributed by atoms with van der Waals surface area (Å²) in [5.74, 6) is 0.578. The minimum absolute atomic E-state index is 0.0553. The van der Waals surface area contributed by atoms with Gasteiger partial charge in [-0.2, -0.15) is 0 Å². The Bertz CT molecular complexity index is 709. The van der Waals surface area contributed by atoms with Gasteiger partial charge >= 0.3 is 0 Å². The third-order valence-corrected chi connectivity index (χ3v) is 6.10. The standard InChI is InChI=1S/C17H22N4OS/c22-17-4-7-18-12-21(17)10-13-5-8-20(9-6-13)11-16-19-14-2-1-3-15(14)23-16/h4,7,12-13H,1-3,5-6,8-11H2. The maximum Gasteiger partial charge on any atom is 0.253 e. The van der Waals surface area contributed by atoms with Crippen LogP contribution in [0.3, 0.4) is 0 Å². The molecule has 1 aliphatic carbocycles. The second-order valence-electron chi connectivity index (χ2n) is 6.62. The maximum absolute atomic E-state index is 11.8. The van der Waals surface area contributed by atoms with Crippen LogP contribution in [0.4, 0.5) is 0 Å². The lowest BCUT2D eigenvalue weighted by atomic mass is 9.97. The van der Waals surface area contributed by atoms with Crippen molar-refractivity contribution < 1.29 is 0 Å². The van der Waals surface area contributed by atoms with Gasteiger partial charge < -0.3 is 0 Å². The van der Waals surface area contributed by atoms with Crippen LogP contribution in [0.15, 0.2) is 23.4 Å². The number of likely N-dealkylation sites (tertiary alicyclic amines) is 1. The van der Waals surface area contributed by atoms with Gasteiger partial charge in [0, 0.05) is 23.7 Å². The molecule has 0 amide bonds. The fraction of sp³-hybridized carbons (Fsp3) is 0.588. The molecule has 0 N–H and O–H groups in total. The van der Waals surface area contributed by atoms with Crippen LogP contribution in [0.5, 0.6) is 0 Å². The summed E-state index contributed by atoms with van der Waals surface area (Å²) in [4.78, 5) is 24.7. The summed E-state index contributed by atoms with van der Waals surface area (Å²) < 4.78 is 1.74. The number of aromatic nitrogens is 3. The highest BCUT2D eigenvalue weighted by molar-refractivity contribution is 7.11. The van der Waals surface area contributed by atoms with Crippen molar-refractivity contribution in [3.63, 3.8) is 0 Å². The highest BCUT2D eigenvalue weighted by Crippen LogP contribution is 2.29. The molecule has 0 atom stereocenters. The van der Waals surface area contributed by atoms with Gasteiger partial charge in [0.2, 0.25) is 0 Å². The van der Waals surface area contributed by atoms with E-state index in [0.29, 0.717) is 5.92 Å². The summed E-state index contributed by atoms with van der Waals surface area (Å²) in [5, 5.41) is 1.29. The Labute approximate surface area is 140 Å². The van der Waals surface area contributed by atoms with Gasteiger partial charge in [-0.3, -0.25) is 14.3 Å². The second-order valence-corrected chi connectivity index (χ2v) is 7.79. The van der Waals surface area contributed by atoms with E-state index >= 15 is 0 Å². The zero-order valence-corrected chi connectivity index (χ0v) is 14.1. The first-order valence-electron chi connectivity index (χ1n) is 8.48. The molecule has 3 heterocycles. The quantitative estimate of drug-likeness (QED) is 0.861. The predicted molar refractivity (Wildman–Crippen MR) is 90.6 cm³/mol. The Morgan fingerprint density at radius 2 is 2.13 bits per heavy atom. The summed E-state index contributed by atoms with van der Waals surface area (Å²) in [7, 11) is 0. The van der Waals surface area contributed by atoms with Crippen LogP contribution in [-0.4, -0.2) is 32.5 Å². The van der Waals surface area contributed by atoms with E-state index in [9.17, 15) is 4.79 Å². The van der Waals surface area contributed by atoms with Crippen molar-refractivity contribution in [1.29, 1.82) is 0 Å². The number of hydrogen-bond acceptors (Lipinski definition) is 5. The van der Waals surface area contributed by atoms with Crippen LogP contribution in [0, 0.1) is 5.92 Å². The average Bonchev–Trinajstić information content (AvgIpc) is 3.13. The van der Waals surface area contributed by atoms with Gasteiger partial charge in [-0.25, -0.2) is 9.97 Å². The van der Waals surface area contributed by atoms with E-state index in [4.69, 9.17) is 4.98 Å². The third-order valence-electron chi connectivity index (χ3n) is 4.95. The molecule has 0 spiro atoms. The molecule has 6 heteroatoms. The van der Waals surface area contributed by atoms with Crippen molar-refractivity contribution in [2.45, 2.75) is 45.2 Å². The Kier molecular flexibility index (Phi) is 4.27. The Morgan fingerprint density at radius 1 is 1.26 bits per heavy atom. The maximum atomic E-state index is 11.8. The molecule has 1 aliphatic heterocycles. The van der Waals surface area contributed by atoms with E-state index in [1.54, 1.807) is 17.1 Å². The highest BCUT2D eigenvalue weighted by atomic mass is 32.1. The topological polar surface area (TPSA) is 51.0 Å². The molecule has 122 valence electrons. The fourth-order valence-corrected chi connectivity index (χ4v) is 4.82. The van der Waals surface area contributed by atoms with Gasteiger partial charge in [-0.05, 0) is 51.1 Å². The normalized spacial score (nSPS) is 19.1. The lowest BCUT2D eigenvalue weighted by Crippen LogP contribution is -2.35. The third kappa shape index (κ3) is 3.38. The number of fused-ring (bicyclic) bond motifs is 1. The molecule has 4 rings (SSSR count). The fourth-order valence-electron chi connectivity index (χ4n) is 3.62. The first kappa shape index (κ1) is 15.0. The molecule has 1 fully saturated rings. The molecule has 2 aromatic rings. The van der Waals surface area contributed by atoms with Crippen molar-refractivity contribution in [3.05, 3.63) is 44.5 Å². The van der Waals surface area contributed by atoms with E-state index in [0.717, 1.165) is 39.0 Å². The van der Waals surface area contributed by atoms with Crippen LogP contribution in [0.25, 0.3) is 0 Å². The molecule has 1 saturated heterocycles. The zero-order chi connectivity index (χ0) is 15.6. The minimum Gasteiger partial charge on any atom is -0.299 e. The smallest absolute Gasteiger partial charge is 0.253 e. The van der Waals surface area contributed by atoms with Crippen molar-refractivity contribution in [1.82, 2.24) is 19.4 Å². The van der Waals surface area contributed by atoms with Crippen molar-refractivity contribution >= 4 is 11.3 Å². The summed E-state index contributed by atoms with van der Waals surface area (Å²) >= 11 is 1.91. The van der Waals surface area contributed by atoms with Gasteiger partial charge in [-0.1, -0.05) is 0 Å². The van der Waals surface area contributed by atoms with Gasteiger partial charge in [0.15, 0.2) is 0 Å². The molecule has 5 nitrogen and oxygen atoms in total. The molecule has 2 aliphatic rings. The number of hydrogen-bond donors (Lipinski definition) is 0. The van der Waals surface area contributed by atoms with Crippen LogP contribution in [0.1, 0.15) is 34.8 Å². The molecule has 0 saturated carbocycles. The highest BCUT2D eigenvalue weighted by Gasteiger charge is 2.22. The Morgan fingerprint density at radius 3 is 2.91 bits per heavy atom. The monoisotopic (exact) mass is 330 g/mol. The number of piperidine rings is 1. The lowest BCUT2D eigenvalue weighted by molar-refractivity contribution is 0.166. The summed E-state index contributed by atoms with van der Waals surface area (Å²) in [6, 6.07) is 1.54. The van der Waals surface area contributed by atoms with E-state index < -0.39 is 0 Å². The van der Waals surface area contributed by atoms with Crippen LogP contribution in [0.2, 0.25) is 0 Å². The first-order valence-corrected chi connectivity index (χ1v) is 9.30. The van der Waals surface area contributed by atoms with Gasteiger partial charge in [0.25, 0.3) is 5.56 Å². The number of thiazole rings is 1. The summed E-state index contributed by atoms with van der Waals surface area (Å²) in [6.45, 7) is 4.00. The van der Waals surface area contributed by atoms with E-state index in [2.05, 4.69) is 9.88 Å². The number of rotatable bonds is 4. The van der Waals surface area contributed by atoms with E-state index in [-0.39, 0.29) is 5.56 Å². The SMILES string of the molecule is O=c1ccncn1CC1CCN(Cc2nc3c(s2)CCC3)CC1.